The molecule has 0 aliphatic carbocycles. The Labute approximate surface area is 156 Å². The third kappa shape index (κ3) is 6.51. The van der Waals surface area contributed by atoms with Gasteiger partial charge in [-0.1, -0.05) is 40.2 Å². The number of halogens is 4. The molecule has 2 N–H and O–H groups in total. The molecular weight excluding hydrogens is 413 g/mol. The minimum atomic E-state index is -4.93. The minimum Gasteiger partial charge on any atom is -0.352 e. The van der Waals surface area contributed by atoms with Crippen molar-refractivity contribution in [1.29, 1.82) is 0 Å². The molecule has 0 fully saturated rings. The van der Waals surface area contributed by atoms with Crippen molar-refractivity contribution in [2.75, 3.05) is 5.32 Å². The van der Waals surface area contributed by atoms with Crippen molar-refractivity contribution in [3.8, 4) is 0 Å². The van der Waals surface area contributed by atoms with E-state index in [1.165, 1.54) is 12.1 Å². The molecule has 2 aromatic carbocycles. The van der Waals surface area contributed by atoms with Crippen molar-refractivity contribution in [3.05, 3.63) is 64.1 Å². The lowest BCUT2D eigenvalue weighted by Crippen LogP contribution is -2.29. The number of nitrogens with one attached hydrogen (secondary N) is 2. The van der Waals surface area contributed by atoms with E-state index in [9.17, 15) is 22.8 Å². The zero-order valence-corrected chi connectivity index (χ0v) is 15.2. The summed E-state index contributed by atoms with van der Waals surface area (Å²) in [5.74, 6) is -2.14. The molecule has 0 aliphatic rings. The summed E-state index contributed by atoms with van der Waals surface area (Å²) in [4.78, 5) is 22.7. The van der Waals surface area contributed by atoms with Crippen LogP contribution in [0.3, 0.4) is 0 Å². The summed E-state index contributed by atoms with van der Waals surface area (Å²) in [5.41, 5.74) is 1.80. The molecule has 2 rings (SSSR count). The maximum atomic E-state index is 12.2. The smallest absolute Gasteiger partial charge is 0.352 e. The van der Waals surface area contributed by atoms with Crippen molar-refractivity contribution in [2.24, 2.45) is 0 Å². The van der Waals surface area contributed by atoms with Crippen LogP contribution in [0.15, 0.2) is 53.0 Å². The highest BCUT2D eigenvalue weighted by atomic mass is 79.9. The average Bonchev–Trinajstić information content (AvgIpc) is 2.60. The molecule has 0 saturated carbocycles. The number of hydrogen-bond donors (Lipinski definition) is 2. The fourth-order valence-corrected chi connectivity index (χ4v) is 2.37. The van der Waals surface area contributed by atoms with Gasteiger partial charge in [-0.15, -0.1) is 0 Å². The van der Waals surface area contributed by atoms with Crippen LogP contribution in [0.2, 0.25) is 0 Å². The first-order chi connectivity index (χ1) is 12.2. The van der Waals surface area contributed by atoms with Crippen LogP contribution in [0, 0.1) is 0 Å². The Morgan fingerprint density at radius 1 is 0.923 bits per heavy atom. The van der Waals surface area contributed by atoms with E-state index in [0.29, 0.717) is 18.4 Å². The van der Waals surface area contributed by atoms with E-state index in [1.807, 2.05) is 24.3 Å². The molecule has 26 heavy (non-hydrogen) atoms. The Kier molecular flexibility index (Phi) is 6.79. The van der Waals surface area contributed by atoms with E-state index in [0.717, 1.165) is 10.0 Å². The Bertz CT molecular complexity index is 760. The zero-order valence-electron chi connectivity index (χ0n) is 13.6. The number of carbonyl (C=O) groups is 2. The molecule has 0 radical (unpaired) electrons. The second-order valence-electron chi connectivity index (χ2n) is 5.55. The summed E-state index contributed by atoms with van der Waals surface area (Å²) in [6, 6.07) is 13.5. The van der Waals surface area contributed by atoms with Gasteiger partial charge in [0, 0.05) is 23.1 Å². The number of amides is 2. The Morgan fingerprint density at radius 3 is 2.08 bits per heavy atom. The lowest BCUT2D eigenvalue weighted by atomic mass is 10.1. The van der Waals surface area contributed by atoms with Crippen LogP contribution in [0.1, 0.15) is 17.5 Å². The van der Waals surface area contributed by atoms with E-state index in [4.69, 9.17) is 0 Å². The van der Waals surface area contributed by atoms with Crippen molar-refractivity contribution in [3.63, 3.8) is 0 Å². The van der Waals surface area contributed by atoms with Gasteiger partial charge in [-0.2, -0.15) is 13.2 Å². The number of anilines is 1. The highest BCUT2D eigenvalue weighted by Crippen LogP contribution is 2.18. The molecule has 0 spiro atoms. The van der Waals surface area contributed by atoms with Crippen molar-refractivity contribution in [1.82, 2.24) is 5.32 Å². The van der Waals surface area contributed by atoms with Crippen LogP contribution in [0.5, 0.6) is 0 Å². The lowest BCUT2D eigenvalue weighted by molar-refractivity contribution is -0.167. The topological polar surface area (TPSA) is 58.2 Å². The van der Waals surface area contributed by atoms with E-state index >= 15 is 0 Å². The maximum absolute atomic E-state index is 12.2. The standard InChI is InChI=1S/C18H16BrF3N2O2/c19-14-6-1-12(2-7-14)5-10-16(25)23-11-13-3-8-15(9-4-13)24-17(26)18(20,21)22/h1-4,6-9H,5,10-11H2,(H,23,25)(H,24,26). The Balaban J connectivity index is 1.77. The van der Waals surface area contributed by atoms with Gasteiger partial charge in [0.25, 0.3) is 0 Å². The predicted molar refractivity (Wildman–Crippen MR) is 95.4 cm³/mol. The maximum Gasteiger partial charge on any atom is 0.471 e. The van der Waals surface area contributed by atoms with Crippen LogP contribution < -0.4 is 10.6 Å². The largest absolute Gasteiger partial charge is 0.471 e. The van der Waals surface area contributed by atoms with Crippen molar-refractivity contribution < 1.29 is 22.8 Å². The van der Waals surface area contributed by atoms with E-state index in [1.54, 1.807) is 17.4 Å². The summed E-state index contributed by atoms with van der Waals surface area (Å²) in [5, 5.41) is 4.51. The van der Waals surface area contributed by atoms with Gasteiger partial charge in [0.15, 0.2) is 0 Å². The van der Waals surface area contributed by atoms with Crippen molar-refractivity contribution in [2.45, 2.75) is 25.6 Å². The van der Waals surface area contributed by atoms with Gasteiger partial charge in [-0.05, 0) is 41.8 Å². The Morgan fingerprint density at radius 2 is 1.50 bits per heavy atom. The van der Waals surface area contributed by atoms with Crippen LogP contribution in [-0.2, 0) is 22.6 Å². The molecular formula is C18H16BrF3N2O2. The molecule has 2 amide bonds. The summed E-state index contributed by atoms with van der Waals surface area (Å²) in [6.45, 7) is 0.257. The average molecular weight is 429 g/mol. The van der Waals surface area contributed by atoms with Crippen LogP contribution in [0.4, 0.5) is 18.9 Å². The summed E-state index contributed by atoms with van der Waals surface area (Å²) >= 11 is 3.35. The second-order valence-corrected chi connectivity index (χ2v) is 6.47. The fraction of sp³-hybridized carbons (Fsp3) is 0.222. The molecule has 138 valence electrons. The summed E-state index contributed by atoms with van der Waals surface area (Å²) in [6.07, 6.45) is -3.98. The molecule has 0 atom stereocenters. The van der Waals surface area contributed by atoms with Gasteiger partial charge in [0.05, 0.1) is 0 Å². The summed E-state index contributed by atoms with van der Waals surface area (Å²) in [7, 11) is 0. The van der Waals surface area contributed by atoms with E-state index in [2.05, 4.69) is 21.2 Å². The van der Waals surface area contributed by atoms with Crippen LogP contribution >= 0.6 is 15.9 Å². The van der Waals surface area contributed by atoms with E-state index < -0.39 is 12.1 Å². The van der Waals surface area contributed by atoms with Gasteiger partial charge in [0.1, 0.15) is 0 Å². The lowest BCUT2D eigenvalue weighted by Gasteiger charge is -2.09. The molecule has 0 heterocycles. The highest BCUT2D eigenvalue weighted by molar-refractivity contribution is 9.10. The molecule has 2 aromatic rings. The van der Waals surface area contributed by atoms with Crippen molar-refractivity contribution >= 4 is 33.4 Å². The first kappa shape index (κ1) is 20.0. The van der Waals surface area contributed by atoms with Gasteiger partial charge >= 0.3 is 12.1 Å². The molecule has 0 aliphatic heterocycles. The van der Waals surface area contributed by atoms with Gasteiger partial charge in [0.2, 0.25) is 5.91 Å². The molecule has 0 unspecified atom stereocenters. The first-order valence-corrected chi connectivity index (χ1v) is 8.51. The number of aryl methyl sites for hydroxylation is 1. The number of benzene rings is 2. The molecule has 0 bridgehead atoms. The SMILES string of the molecule is O=C(CCc1ccc(Br)cc1)NCc1ccc(NC(=O)C(F)(F)F)cc1. The molecule has 0 saturated heterocycles. The van der Waals surface area contributed by atoms with Crippen LogP contribution in [0.25, 0.3) is 0 Å². The second kappa shape index (κ2) is 8.84. The third-order valence-corrected chi connectivity index (χ3v) is 4.04. The normalized spacial score (nSPS) is 11.1. The quantitative estimate of drug-likeness (QED) is 0.724. The highest BCUT2D eigenvalue weighted by Gasteiger charge is 2.38. The van der Waals surface area contributed by atoms with Gasteiger partial charge in [-0.25, -0.2) is 0 Å². The summed E-state index contributed by atoms with van der Waals surface area (Å²) < 4.78 is 37.5. The fourth-order valence-electron chi connectivity index (χ4n) is 2.11. The van der Waals surface area contributed by atoms with Gasteiger partial charge < -0.3 is 10.6 Å². The van der Waals surface area contributed by atoms with E-state index in [-0.39, 0.29) is 18.1 Å². The van der Waals surface area contributed by atoms with Gasteiger partial charge in [-0.3, -0.25) is 9.59 Å². The minimum absolute atomic E-state index is 0.0395. The number of carbonyl (C=O) groups excluding carboxylic acids is 2. The predicted octanol–water partition coefficient (Wildman–Crippen LogP) is 4.20. The molecule has 0 aromatic heterocycles. The number of rotatable bonds is 6. The number of alkyl halides is 3. The molecule has 4 nitrogen and oxygen atoms in total. The zero-order chi connectivity index (χ0) is 19.2. The number of hydrogen-bond acceptors (Lipinski definition) is 2. The molecule has 8 heteroatoms. The third-order valence-electron chi connectivity index (χ3n) is 3.51. The van der Waals surface area contributed by atoms with Crippen LogP contribution in [-0.4, -0.2) is 18.0 Å². The first-order valence-electron chi connectivity index (χ1n) is 7.72. The Hall–Kier alpha value is -2.35. The monoisotopic (exact) mass is 428 g/mol.